The molecule has 0 bridgehead atoms. The number of thiazole rings is 1. The van der Waals surface area contributed by atoms with Gasteiger partial charge in [-0.15, -0.1) is 11.3 Å². The van der Waals surface area contributed by atoms with Crippen LogP contribution in [0.25, 0.3) is 0 Å². The summed E-state index contributed by atoms with van der Waals surface area (Å²) in [4.78, 5) is 30.3. The zero-order valence-electron chi connectivity index (χ0n) is 14.7. The van der Waals surface area contributed by atoms with E-state index < -0.39 is 4.92 Å². The van der Waals surface area contributed by atoms with Crippen molar-refractivity contribution < 1.29 is 14.5 Å². The molecule has 1 aromatic carbocycles. The monoisotopic (exact) mass is 393 g/mol. The highest BCUT2D eigenvalue weighted by molar-refractivity contribution is 8.01. The van der Waals surface area contributed by atoms with Crippen LogP contribution in [0.2, 0.25) is 0 Å². The topological polar surface area (TPSA) is 85.6 Å². The van der Waals surface area contributed by atoms with Gasteiger partial charge in [-0.2, -0.15) is 0 Å². The van der Waals surface area contributed by atoms with E-state index in [2.05, 4.69) is 4.98 Å². The fourth-order valence-corrected chi connectivity index (χ4v) is 4.76. The van der Waals surface area contributed by atoms with Crippen molar-refractivity contribution in [1.29, 1.82) is 0 Å². The molecule has 3 rings (SSSR count). The number of carbonyl (C=O) groups is 1. The predicted octanol–water partition coefficient (Wildman–Crippen LogP) is 3.76. The van der Waals surface area contributed by atoms with Gasteiger partial charge in [0, 0.05) is 35.8 Å². The number of hydrogen-bond donors (Lipinski definition) is 0. The molecule has 2 heterocycles. The van der Waals surface area contributed by atoms with Crippen LogP contribution in [0.15, 0.2) is 32.8 Å². The van der Waals surface area contributed by atoms with Gasteiger partial charge in [-0.3, -0.25) is 14.9 Å². The van der Waals surface area contributed by atoms with Crippen LogP contribution in [0.5, 0.6) is 0 Å². The third-order valence-corrected chi connectivity index (χ3v) is 6.03. The van der Waals surface area contributed by atoms with Crippen molar-refractivity contribution in [2.45, 2.75) is 42.2 Å². The SMILES string of the molecule is Cc1csc(Sc2ccc(C(=O)N3CC(C)OC(C)C3)cc2[N+](=O)[O-])n1. The first-order valence-electron chi connectivity index (χ1n) is 8.16. The van der Waals surface area contributed by atoms with Crippen LogP contribution in [0.1, 0.15) is 29.9 Å². The maximum Gasteiger partial charge on any atom is 0.284 e. The predicted molar refractivity (Wildman–Crippen MR) is 100.0 cm³/mol. The van der Waals surface area contributed by atoms with Crippen LogP contribution in [0.3, 0.4) is 0 Å². The van der Waals surface area contributed by atoms with Crippen molar-refractivity contribution in [1.82, 2.24) is 9.88 Å². The Labute approximate surface area is 159 Å². The van der Waals surface area contributed by atoms with Gasteiger partial charge in [-0.25, -0.2) is 4.98 Å². The normalized spacial score (nSPS) is 20.2. The van der Waals surface area contributed by atoms with Gasteiger partial charge in [0.2, 0.25) is 0 Å². The molecule has 1 amide bonds. The lowest BCUT2D eigenvalue weighted by molar-refractivity contribution is -0.387. The van der Waals surface area contributed by atoms with E-state index in [1.54, 1.807) is 17.0 Å². The summed E-state index contributed by atoms with van der Waals surface area (Å²) in [5.41, 5.74) is 1.11. The molecule has 9 heteroatoms. The van der Waals surface area contributed by atoms with E-state index in [1.165, 1.54) is 29.2 Å². The van der Waals surface area contributed by atoms with Crippen molar-refractivity contribution in [2.24, 2.45) is 0 Å². The summed E-state index contributed by atoms with van der Waals surface area (Å²) >= 11 is 2.68. The summed E-state index contributed by atoms with van der Waals surface area (Å²) in [7, 11) is 0. The van der Waals surface area contributed by atoms with E-state index in [1.807, 2.05) is 26.2 Å². The van der Waals surface area contributed by atoms with Crippen molar-refractivity contribution in [3.8, 4) is 0 Å². The van der Waals surface area contributed by atoms with Crippen LogP contribution in [0.4, 0.5) is 5.69 Å². The minimum absolute atomic E-state index is 0.0549. The Bertz CT molecular complexity index is 829. The van der Waals surface area contributed by atoms with E-state index in [9.17, 15) is 14.9 Å². The molecular weight excluding hydrogens is 374 g/mol. The molecule has 1 aliphatic heterocycles. The van der Waals surface area contributed by atoms with E-state index in [0.29, 0.717) is 23.5 Å². The van der Waals surface area contributed by atoms with Crippen molar-refractivity contribution >= 4 is 34.7 Å². The lowest BCUT2D eigenvalue weighted by atomic mass is 10.1. The minimum atomic E-state index is -0.454. The summed E-state index contributed by atoms with van der Waals surface area (Å²) in [6.07, 6.45) is -0.110. The van der Waals surface area contributed by atoms with Crippen molar-refractivity contribution in [2.75, 3.05) is 13.1 Å². The number of aryl methyl sites for hydroxylation is 1. The van der Waals surface area contributed by atoms with Crippen LogP contribution in [0, 0.1) is 17.0 Å². The second kappa shape index (κ2) is 7.73. The molecule has 0 aliphatic carbocycles. The smallest absolute Gasteiger partial charge is 0.284 e. The molecule has 26 heavy (non-hydrogen) atoms. The quantitative estimate of drug-likeness (QED) is 0.581. The van der Waals surface area contributed by atoms with Gasteiger partial charge in [-0.1, -0.05) is 11.8 Å². The highest BCUT2D eigenvalue weighted by Crippen LogP contribution is 2.37. The third-order valence-electron chi connectivity index (χ3n) is 3.90. The minimum Gasteiger partial charge on any atom is -0.372 e. The molecule has 2 unspecified atom stereocenters. The number of nitro benzene ring substituents is 1. The number of morpholine rings is 1. The maximum absolute atomic E-state index is 12.8. The third kappa shape index (κ3) is 4.22. The van der Waals surface area contributed by atoms with Gasteiger partial charge in [0.05, 0.1) is 22.0 Å². The van der Waals surface area contributed by atoms with Gasteiger partial charge in [0.15, 0.2) is 4.34 Å². The first-order chi connectivity index (χ1) is 12.3. The molecule has 1 fully saturated rings. The Balaban J connectivity index is 1.86. The molecule has 7 nitrogen and oxygen atoms in total. The zero-order chi connectivity index (χ0) is 18.8. The Hall–Kier alpha value is -1.97. The van der Waals surface area contributed by atoms with Crippen LogP contribution < -0.4 is 0 Å². The first-order valence-corrected chi connectivity index (χ1v) is 9.86. The summed E-state index contributed by atoms with van der Waals surface area (Å²) < 4.78 is 6.38. The molecule has 0 spiro atoms. The largest absolute Gasteiger partial charge is 0.372 e. The van der Waals surface area contributed by atoms with Gasteiger partial charge < -0.3 is 9.64 Å². The number of carbonyl (C=O) groups excluding carboxylic acids is 1. The summed E-state index contributed by atoms with van der Waals surface area (Å²) in [5, 5.41) is 13.4. The van der Waals surface area contributed by atoms with Crippen molar-refractivity contribution in [3.05, 3.63) is 45.0 Å². The summed E-state index contributed by atoms with van der Waals surface area (Å²) in [6.45, 7) is 6.65. The Morgan fingerprint density at radius 2 is 2.08 bits per heavy atom. The summed E-state index contributed by atoms with van der Waals surface area (Å²) in [5.74, 6) is -0.211. The Morgan fingerprint density at radius 3 is 2.65 bits per heavy atom. The molecule has 2 atom stereocenters. The van der Waals surface area contributed by atoms with E-state index in [4.69, 9.17) is 4.74 Å². The van der Waals surface area contributed by atoms with Crippen molar-refractivity contribution in [3.63, 3.8) is 0 Å². The number of ether oxygens (including phenoxy) is 1. The van der Waals surface area contributed by atoms with Crippen LogP contribution >= 0.6 is 23.1 Å². The number of hydrogen-bond acceptors (Lipinski definition) is 7. The average molecular weight is 393 g/mol. The summed E-state index contributed by atoms with van der Waals surface area (Å²) in [6, 6.07) is 4.62. The maximum atomic E-state index is 12.8. The zero-order valence-corrected chi connectivity index (χ0v) is 16.3. The van der Waals surface area contributed by atoms with E-state index >= 15 is 0 Å². The molecule has 0 radical (unpaired) electrons. The second-order valence-electron chi connectivity index (χ2n) is 6.26. The highest BCUT2D eigenvalue weighted by atomic mass is 32.2. The number of nitro groups is 1. The number of rotatable bonds is 4. The Kier molecular flexibility index (Phi) is 5.59. The number of nitrogens with zero attached hydrogens (tertiary/aromatic N) is 3. The molecular formula is C17H19N3O4S2. The number of benzene rings is 1. The molecule has 1 saturated heterocycles. The van der Waals surface area contributed by atoms with Gasteiger partial charge in [0.1, 0.15) is 0 Å². The molecule has 2 aromatic rings. The van der Waals surface area contributed by atoms with Crippen LogP contribution in [-0.2, 0) is 4.74 Å². The van der Waals surface area contributed by atoms with Crippen LogP contribution in [-0.4, -0.2) is 46.0 Å². The number of aromatic nitrogens is 1. The second-order valence-corrected chi connectivity index (χ2v) is 8.41. The first kappa shape index (κ1) is 18.8. The van der Waals surface area contributed by atoms with E-state index in [0.717, 1.165) is 10.0 Å². The lowest BCUT2D eigenvalue weighted by Gasteiger charge is -2.35. The molecule has 0 saturated carbocycles. The highest BCUT2D eigenvalue weighted by Gasteiger charge is 2.28. The number of amides is 1. The van der Waals surface area contributed by atoms with E-state index in [-0.39, 0.29) is 23.8 Å². The average Bonchev–Trinajstić information content (AvgIpc) is 2.98. The van der Waals surface area contributed by atoms with Gasteiger partial charge in [0.25, 0.3) is 11.6 Å². The van der Waals surface area contributed by atoms with Gasteiger partial charge in [-0.05, 0) is 32.9 Å². The molecule has 0 N–H and O–H groups in total. The molecule has 138 valence electrons. The standard InChI is InChI=1S/C17H19N3O4S2/c1-10-9-25-17(18-10)26-15-5-4-13(6-14(15)20(22)23)16(21)19-7-11(2)24-12(3)8-19/h4-6,9,11-12H,7-8H2,1-3H3. The fourth-order valence-electron chi connectivity index (χ4n) is 2.88. The lowest BCUT2D eigenvalue weighted by Crippen LogP contribution is -2.48. The Morgan fingerprint density at radius 1 is 1.38 bits per heavy atom. The van der Waals surface area contributed by atoms with Gasteiger partial charge >= 0.3 is 0 Å². The molecule has 1 aromatic heterocycles. The fraction of sp³-hybridized carbons (Fsp3) is 0.412. The molecule has 1 aliphatic rings.